The van der Waals surface area contributed by atoms with E-state index in [1.54, 1.807) is 28.6 Å². The minimum absolute atomic E-state index is 0.0118. The lowest BCUT2D eigenvalue weighted by atomic mass is 9.93. The second-order valence-corrected chi connectivity index (χ2v) is 7.47. The van der Waals surface area contributed by atoms with Crippen molar-refractivity contribution < 1.29 is 13.2 Å². The molecule has 2 rings (SSSR count). The van der Waals surface area contributed by atoms with Crippen molar-refractivity contribution in [3.05, 3.63) is 24.3 Å². The number of nitrogens with two attached hydrogens (primary N) is 1. The van der Waals surface area contributed by atoms with Crippen LogP contribution >= 0.6 is 0 Å². The number of benzene rings is 1. The van der Waals surface area contributed by atoms with Gasteiger partial charge in [0.25, 0.3) is 0 Å². The fourth-order valence-electron chi connectivity index (χ4n) is 2.66. The Labute approximate surface area is 127 Å². The van der Waals surface area contributed by atoms with Crippen LogP contribution in [0.2, 0.25) is 0 Å². The number of rotatable bonds is 5. The van der Waals surface area contributed by atoms with Gasteiger partial charge in [-0.3, -0.25) is 0 Å². The molecule has 1 aliphatic rings. The highest BCUT2D eigenvalue weighted by Gasteiger charge is 2.31. The number of hydrogen-bond acceptors (Lipinski definition) is 4. The van der Waals surface area contributed by atoms with Gasteiger partial charge in [0.15, 0.2) is 0 Å². The topological polar surface area (TPSA) is 72.6 Å². The van der Waals surface area contributed by atoms with Crippen molar-refractivity contribution in [1.82, 2.24) is 4.31 Å². The predicted octanol–water partition coefficient (Wildman–Crippen LogP) is 1.83. The minimum atomic E-state index is -3.47. The molecule has 0 aliphatic carbocycles. The van der Waals surface area contributed by atoms with E-state index in [4.69, 9.17) is 10.5 Å². The zero-order chi connectivity index (χ0) is 15.5. The maximum Gasteiger partial charge on any atom is 0.243 e. The van der Waals surface area contributed by atoms with E-state index >= 15 is 0 Å². The van der Waals surface area contributed by atoms with E-state index in [0.29, 0.717) is 30.3 Å². The summed E-state index contributed by atoms with van der Waals surface area (Å²) < 4.78 is 32.4. The van der Waals surface area contributed by atoms with Crippen LogP contribution in [-0.4, -0.2) is 38.5 Å². The molecule has 2 N–H and O–H groups in total. The third-order valence-electron chi connectivity index (χ3n) is 3.92. The predicted molar refractivity (Wildman–Crippen MR) is 82.7 cm³/mol. The Morgan fingerprint density at radius 2 is 2.24 bits per heavy atom. The summed E-state index contributed by atoms with van der Waals surface area (Å²) in [5.74, 6) is 0.808. The van der Waals surface area contributed by atoms with Crippen LogP contribution in [0, 0.1) is 5.92 Å². The minimum Gasteiger partial charge on any atom is -0.494 e. The Kier molecular flexibility index (Phi) is 5.24. The SMILES string of the molecule is CCOc1cccc(S(=O)(=O)N2CCCC(C(C)N)C2)c1. The van der Waals surface area contributed by atoms with E-state index < -0.39 is 10.0 Å². The highest BCUT2D eigenvalue weighted by molar-refractivity contribution is 7.89. The molecule has 2 unspecified atom stereocenters. The first-order chi connectivity index (χ1) is 9.95. The molecule has 21 heavy (non-hydrogen) atoms. The van der Waals surface area contributed by atoms with E-state index in [2.05, 4.69) is 0 Å². The first-order valence-electron chi connectivity index (χ1n) is 7.43. The molecule has 0 bridgehead atoms. The third kappa shape index (κ3) is 3.75. The highest BCUT2D eigenvalue weighted by Crippen LogP contribution is 2.26. The van der Waals surface area contributed by atoms with Gasteiger partial charge < -0.3 is 10.5 Å². The molecule has 5 nitrogen and oxygen atoms in total. The molecule has 0 saturated carbocycles. The zero-order valence-electron chi connectivity index (χ0n) is 12.7. The molecule has 2 atom stereocenters. The Bertz CT molecular complexity index is 572. The largest absolute Gasteiger partial charge is 0.494 e. The van der Waals surface area contributed by atoms with Crippen molar-refractivity contribution in [2.24, 2.45) is 11.7 Å². The molecular formula is C15H24N2O3S. The molecule has 118 valence electrons. The number of sulfonamides is 1. The first-order valence-corrected chi connectivity index (χ1v) is 8.87. The summed E-state index contributed by atoms with van der Waals surface area (Å²) in [7, 11) is -3.47. The van der Waals surface area contributed by atoms with Gasteiger partial charge in [0.2, 0.25) is 10.0 Å². The second-order valence-electron chi connectivity index (χ2n) is 5.53. The second kappa shape index (κ2) is 6.77. The summed E-state index contributed by atoms with van der Waals surface area (Å²) in [6.07, 6.45) is 1.85. The van der Waals surface area contributed by atoms with Crippen LogP contribution in [0.15, 0.2) is 29.2 Å². The highest BCUT2D eigenvalue weighted by atomic mass is 32.2. The molecule has 0 spiro atoms. The summed E-state index contributed by atoms with van der Waals surface area (Å²) in [6.45, 7) is 5.39. The van der Waals surface area contributed by atoms with Crippen LogP contribution in [0.4, 0.5) is 0 Å². The van der Waals surface area contributed by atoms with Gasteiger partial charge in [0.1, 0.15) is 5.75 Å². The van der Waals surface area contributed by atoms with Gasteiger partial charge in [0.05, 0.1) is 11.5 Å². The summed E-state index contributed by atoms with van der Waals surface area (Å²) >= 11 is 0. The van der Waals surface area contributed by atoms with Crippen LogP contribution in [0.1, 0.15) is 26.7 Å². The average molecular weight is 312 g/mol. The van der Waals surface area contributed by atoms with Crippen molar-refractivity contribution in [2.75, 3.05) is 19.7 Å². The lowest BCUT2D eigenvalue weighted by molar-refractivity contribution is 0.243. The molecule has 1 aromatic rings. The Morgan fingerprint density at radius 1 is 1.48 bits per heavy atom. The molecule has 1 aliphatic heterocycles. The van der Waals surface area contributed by atoms with Crippen LogP contribution in [-0.2, 0) is 10.0 Å². The van der Waals surface area contributed by atoms with E-state index in [1.807, 2.05) is 13.8 Å². The average Bonchev–Trinajstić information content (AvgIpc) is 2.48. The van der Waals surface area contributed by atoms with Gasteiger partial charge in [-0.1, -0.05) is 6.07 Å². The summed E-state index contributed by atoms with van der Waals surface area (Å²) in [4.78, 5) is 0.291. The summed E-state index contributed by atoms with van der Waals surface area (Å²) in [5, 5.41) is 0. The lowest BCUT2D eigenvalue weighted by Crippen LogP contribution is -2.44. The van der Waals surface area contributed by atoms with Crippen LogP contribution in [0.3, 0.4) is 0 Å². The summed E-state index contributed by atoms with van der Waals surface area (Å²) in [5.41, 5.74) is 5.93. The molecule has 6 heteroatoms. The van der Waals surface area contributed by atoms with Gasteiger partial charge in [-0.05, 0) is 44.7 Å². The van der Waals surface area contributed by atoms with E-state index in [0.717, 1.165) is 12.8 Å². The third-order valence-corrected chi connectivity index (χ3v) is 5.78. The zero-order valence-corrected chi connectivity index (χ0v) is 13.5. The smallest absolute Gasteiger partial charge is 0.243 e. The molecule has 1 aromatic carbocycles. The molecule has 0 amide bonds. The van der Waals surface area contributed by atoms with E-state index in [-0.39, 0.29) is 12.0 Å². The molecule has 0 radical (unpaired) electrons. The maximum absolute atomic E-state index is 12.7. The Balaban J connectivity index is 2.22. The van der Waals surface area contributed by atoms with Crippen molar-refractivity contribution in [3.63, 3.8) is 0 Å². The van der Waals surface area contributed by atoms with Crippen molar-refractivity contribution >= 4 is 10.0 Å². The standard InChI is InChI=1S/C15H24N2O3S/c1-3-20-14-7-4-8-15(10-14)21(18,19)17-9-5-6-13(11-17)12(2)16/h4,7-8,10,12-13H,3,5-6,9,11,16H2,1-2H3. The van der Waals surface area contributed by atoms with Crippen molar-refractivity contribution in [2.45, 2.75) is 37.6 Å². The number of piperidine rings is 1. The van der Waals surface area contributed by atoms with Gasteiger partial charge in [0, 0.05) is 25.2 Å². The molecule has 0 aromatic heterocycles. The first kappa shape index (κ1) is 16.3. The quantitative estimate of drug-likeness (QED) is 0.900. The van der Waals surface area contributed by atoms with Crippen LogP contribution in [0.5, 0.6) is 5.75 Å². The fraction of sp³-hybridized carbons (Fsp3) is 0.600. The van der Waals surface area contributed by atoms with Crippen LogP contribution < -0.4 is 10.5 Å². The molecular weight excluding hydrogens is 288 g/mol. The Morgan fingerprint density at radius 3 is 2.90 bits per heavy atom. The van der Waals surface area contributed by atoms with Gasteiger partial charge in [-0.2, -0.15) is 4.31 Å². The maximum atomic E-state index is 12.7. The van der Waals surface area contributed by atoms with Gasteiger partial charge in [-0.15, -0.1) is 0 Å². The fourth-order valence-corrected chi connectivity index (χ4v) is 4.23. The lowest BCUT2D eigenvalue weighted by Gasteiger charge is -2.33. The molecule has 1 heterocycles. The van der Waals surface area contributed by atoms with E-state index in [1.165, 1.54) is 0 Å². The van der Waals surface area contributed by atoms with E-state index in [9.17, 15) is 8.42 Å². The van der Waals surface area contributed by atoms with Gasteiger partial charge >= 0.3 is 0 Å². The molecule has 1 saturated heterocycles. The summed E-state index contributed by atoms with van der Waals surface area (Å²) in [6, 6.07) is 6.70. The normalized spacial score (nSPS) is 22.0. The number of ether oxygens (including phenoxy) is 1. The number of nitrogens with zero attached hydrogens (tertiary/aromatic N) is 1. The number of hydrogen-bond donors (Lipinski definition) is 1. The van der Waals surface area contributed by atoms with Crippen molar-refractivity contribution in [1.29, 1.82) is 0 Å². The monoisotopic (exact) mass is 312 g/mol. The van der Waals surface area contributed by atoms with Crippen molar-refractivity contribution in [3.8, 4) is 5.75 Å². The van der Waals surface area contributed by atoms with Gasteiger partial charge in [-0.25, -0.2) is 8.42 Å². The van der Waals surface area contributed by atoms with Crippen LogP contribution in [0.25, 0.3) is 0 Å². The molecule has 1 fully saturated rings. The Hall–Kier alpha value is -1.11.